The third kappa shape index (κ3) is 9.52. The summed E-state index contributed by atoms with van der Waals surface area (Å²) in [4.78, 5) is -11.9. The quantitative estimate of drug-likeness (QED) is 0.102. The van der Waals surface area contributed by atoms with Crippen LogP contribution in [0.15, 0.2) is 0 Å². The first-order valence-corrected chi connectivity index (χ1v) is 19.1. The Hall–Kier alpha value is -4.22. The van der Waals surface area contributed by atoms with Gasteiger partial charge >= 0.3 is 155 Å². The lowest BCUT2D eigenvalue weighted by Crippen LogP contribution is -2.78. The van der Waals surface area contributed by atoms with E-state index in [1.54, 1.807) is 0 Å². The molecule has 1 rings (SSSR count). The zero-order valence-corrected chi connectivity index (χ0v) is 37.4. The summed E-state index contributed by atoms with van der Waals surface area (Å²) in [5.41, 5.74) is -13.0. The summed E-state index contributed by atoms with van der Waals surface area (Å²) in [6.45, 7) is 0. The number of hydrogen-bond acceptors (Lipinski definition) is 1. The van der Waals surface area contributed by atoms with Crippen molar-refractivity contribution >= 4 is 11.3 Å². The second kappa shape index (κ2) is 19.7. The maximum absolute atomic E-state index is 15.4. The average molecular weight is 1460 g/mol. The molecule has 0 aliphatic heterocycles. The van der Waals surface area contributed by atoms with Gasteiger partial charge in [-0.15, -0.1) is 11.3 Å². The van der Waals surface area contributed by atoms with Crippen molar-refractivity contribution in [1.82, 2.24) is 0 Å². The Balaban J connectivity index is 4.76. The molecule has 0 saturated carbocycles. The first kappa shape index (κ1) is 80.8. The highest BCUT2D eigenvalue weighted by Gasteiger charge is 3.02. The molecule has 1 aromatic rings. The largest absolute Gasteiger partial charge is 0.460 e. The molecule has 0 aromatic carbocycles. The average Bonchev–Trinajstić information content (AvgIpc) is 3.72. The molecule has 0 spiro atoms. The van der Waals surface area contributed by atoms with Crippen molar-refractivity contribution in [2.24, 2.45) is 0 Å². The Kier molecular flexibility index (Phi) is 18.3. The lowest BCUT2D eigenvalue weighted by molar-refractivity contribution is -0.483. The highest BCUT2D eigenvalue weighted by Crippen LogP contribution is 2.73. The Morgan fingerprint density at radius 1 is 0.138 bits per heavy atom. The zero-order chi connectivity index (χ0) is 72.0. The molecule has 57 heteroatoms. The summed E-state index contributed by atoms with van der Waals surface area (Å²) in [5, 5.41) is 0. The van der Waals surface area contributed by atoms with E-state index in [1.165, 1.54) is 0 Å². The van der Waals surface area contributed by atoms with Gasteiger partial charge in [0.2, 0.25) is 0 Å². The predicted molar refractivity (Wildman–Crippen MR) is 153 cm³/mol. The van der Waals surface area contributed by atoms with Crippen LogP contribution in [-0.2, 0) is 24.2 Å². The SMILES string of the molecule is FC(F)(F)c1sc(C(F)(F)C(F)(F)C(F)(F)C(F)(F)C(F)(F)C(F)(F)C(F)(F)C(F)(F)C(F)(F)C(F)(F)C(F)(F)C(F)(F)F)c(C(F)(F)C(F)(F)C(F)(F)C(F)(F)C(F)(F)C(F)(F)C(F)(F)C(F)(F)C(F)(F)C(F)(F)C(F)(F)C(F)(F)F)c1C(F)(F)F. The van der Waals surface area contributed by atoms with Crippen LogP contribution in [0.3, 0.4) is 0 Å². The van der Waals surface area contributed by atoms with E-state index in [9.17, 15) is 228 Å². The second-order valence-electron chi connectivity index (χ2n) is 16.1. The normalized spacial score (nSPS) is 17.2. The van der Waals surface area contributed by atoms with Crippen molar-refractivity contribution in [3.8, 4) is 0 Å². The zero-order valence-electron chi connectivity index (χ0n) is 36.6. The first-order valence-electron chi connectivity index (χ1n) is 18.2. The fourth-order valence-electron chi connectivity index (χ4n) is 5.63. The maximum Gasteiger partial charge on any atom is 0.460 e. The minimum Gasteiger partial charge on any atom is -0.194 e. The lowest BCUT2D eigenvalue weighted by atomic mass is 9.82. The van der Waals surface area contributed by atoms with Gasteiger partial charge in [-0.1, -0.05) is 0 Å². The Morgan fingerprint density at radius 3 is 0.437 bits per heavy atom. The number of thiophene rings is 1. The Bertz CT molecular complexity index is 2660. The van der Waals surface area contributed by atoms with Gasteiger partial charge in [-0.2, -0.15) is 246 Å². The smallest absolute Gasteiger partial charge is 0.194 e. The lowest BCUT2D eigenvalue weighted by Gasteiger charge is -2.46. The van der Waals surface area contributed by atoms with E-state index in [0.29, 0.717) is 0 Å². The first-order chi connectivity index (χ1) is 36.5. The number of hydrogen-bond donors (Lipinski definition) is 0. The minimum atomic E-state index is -10.9. The van der Waals surface area contributed by atoms with Gasteiger partial charge in [0.1, 0.15) is 4.88 Å². The summed E-state index contributed by atoms with van der Waals surface area (Å²) in [6.07, 6.45) is -34.4. The highest BCUT2D eigenvalue weighted by molar-refractivity contribution is 7.12. The van der Waals surface area contributed by atoms with Gasteiger partial charge in [-0.25, -0.2) is 0 Å². The van der Waals surface area contributed by atoms with Crippen molar-refractivity contribution in [2.45, 2.75) is 155 Å². The minimum absolute atomic E-state index is 4.26. The molecule has 0 radical (unpaired) electrons. The van der Waals surface area contributed by atoms with Crippen molar-refractivity contribution in [3.63, 3.8) is 0 Å². The molecule has 0 atom stereocenters. The second-order valence-corrected chi connectivity index (χ2v) is 17.2. The number of rotatable bonds is 22. The summed E-state index contributed by atoms with van der Waals surface area (Å²) >= 11 is -4.26. The van der Waals surface area contributed by atoms with Crippen LogP contribution in [0, 0.1) is 0 Å². The van der Waals surface area contributed by atoms with Crippen LogP contribution in [0.25, 0.3) is 0 Å². The number of alkyl halides is 56. The molecule has 0 aliphatic rings. The summed E-state index contributed by atoms with van der Waals surface area (Å²) in [5.74, 6) is -228. The van der Waals surface area contributed by atoms with Gasteiger partial charge in [0.05, 0.1) is 16.0 Å². The van der Waals surface area contributed by atoms with Gasteiger partial charge in [-0.3, -0.25) is 0 Å². The molecule has 0 aliphatic carbocycles. The molecule has 0 nitrogen and oxygen atoms in total. The molecule has 518 valence electrons. The summed E-state index contributed by atoms with van der Waals surface area (Å²) in [6, 6.07) is 0. The molecular weight excluding hydrogens is 1460 g/mol. The van der Waals surface area contributed by atoms with Gasteiger partial charge < -0.3 is 0 Å². The van der Waals surface area contributed by atoms with Gasteiger partial charge in [0, 0.05) is 0 Å². The molecule has 0 unspecified atom stereocenters. The maximum atomic E-state index is 15.4. The van der Waals surface area contributed by atoms with Crippen molar-refractivity contribution in [2.75, 3.05) is 0 Å². The fraction of sp³-hybridized carbons (Fsp3) is 0.867. The van der Waals surface area contributed by atoms with E-state index >= 15 is 17.6 Å². The molecule has 0 saturated heterocycles. The van der Waals surface area contributed by atoms with Crippen LogP contribution in [0.1, 0.15) is 20.9 Å². The third-order valence-corrected chi connectivity index (χ3v) is 12.0. The summed E-state index contributed by atoms with van der Waals surface area (Å²) in [7, 11) is 0. The monoisotopic (exact) mass is 1460 g/mol. The molecule has 1 aromatic heterocycles. The Labute approximate surface area is 434 Å². The van der Waals surface area contributed by atoms with E-state index in [1.807, 2.05) is 0 Å². The van der Waals surface area contributed by atoms with Crippen LogP contribution < -0.4 is 0 Å². The molecule has 87 heavy (non-hydrogen) atoms. The van der Waals surface area contributed by atoms with Crippen LogP contribution in [0.2, 0.25) is 0 Å². The van der Waals surface area contributed by atoms with Crippen molar-refractivity contribution < 1.29 is 246 Å². The van der Waals surface area contributed by atoms with E-state index in [2.05, 4.69) is 0 Å². The predicted octanol–water partition coefficient (Wildman–Crippen LogP) is 19.8. The van der Waals surface area contributed by atoms with Gasteiger partial charge in [-0.05, 0) is 0 Å². The Morgan fingerprint density at radius 2 is 0.287 bits per heavy atom. The molecule has 0 N–H and O–H groups in total. The molecule has 0 amide bonds. The van der Waals surface area contributed by atoms with Crippen LogP contribution in [0.4, 0.5) is 246 Å². The standard InChI is InChI=1S/C30F56S/c31-5(32,9(41,42)11(45,46)13(49,50)15(53,54)17(57,58)19(61,62)21(65,66)23(69,70)25(73,74)27(77,78)29(81,82)83)1-2(7(35,36)37)4(8(38,39)40)87-3(1)6(33,34)10(43,44)12(47,48)14(51,52)16(55,56)18(59,60)20(63,64)22(67,68)24(71,72)26(75,76)28(79,80)30(84,85)86. The van der Waals surface area contributed by atoms with E-state index in [-0.39, 0.29) is 0 Å². The molecular formula is C30F56S. The number of halogens is 56. The van der Waals surface area contributed by atoms with E-state index < -0.39 is 187 Å². The van der Waals surface area contributed by atoms with E-state index in [0.717, 1.165) is 0 Å². The highest BCUT2D eigenvalue weighted by atomic mass is 32.1. The summed E-state index contributed by atoms with van der Waals surface area (Å²) < 4.78 is 781. The fourth-order valence-corrected chi connectivity index (χ4v) is 6.85. The third-order valence-electron chi connectivity index (χ3n) is 10.6. The molecule has 0 fully saturated rings. The topological polar surface area (TPSA) is 0 Å². The van der Waals surface area contributed by atoms with Gasteiger partial charge in [0.15, 0.2) is 0 Å². The molecule has 1 heterocycles. The van der Waals surface area contributed by atoms with Crippen molar-refractivity contribution in [1.29, 1.82) is 0 Å². The van der Waals surface area contributed by atoms with Gasteiger partial charge in [0.25, 0.3) is 0 Å². The van der Waals surface area contributed by atoms with Crippen LogP contribution >= 0.6 is 11.3 Å². The van der Waals surface area contributed by atoms with Crippen LogP contribution in [-0.4, -0.2) is 131 Å². The molecule has 0 bridgehead atoms. The van der Waals surface area contributed by atoms with Crippen LogP contribution in [0.5, 0.6) is 0 Å². The van der Waals surface area contributed by atoms with Crippen molar-refractivity contribution in [3.05, 3.63) is 20.9 Å². The van der Waals surface area contributed by atoms with E-state index in [4.69, 9.17) is 0 Å².